The molecule has 0 fully saturated rings. The van der Waals surface area contributed by atoms with Crippen LogP contribution in [0.3, 0.4) is 0 Å². The average Bonchev–Trinajstić information content (AvgIpc) is 3.01. The molecule has 0 spiro atoms. The Morgan fingerprint density at radius 1 is 1.21 bits per heavy atom. The number of unbranched alkanes of at least 4 members (excludes halogenated alkanes) is 1. The Hall–Kier alpha value is -2.76. The molecule has 0 aliphatic carbocycles. The minimum Gasteiger partial charge on any atom is -0.310 e. The van der Waals surface area contributed by atoms with Crippen LogP contribution < -0.4 is 5.32 Å². The summed E-state index contributed by atoms with van der Waals surface area (Å²) in [6.07, 6.45) is 5.26. The number of fused-ring (bicyclic) bond motifs is 1. The van der Waals surface area contributed by atoms with Crippen LogP contribution in [0.25, 0.3) is 16.9 Å². The molecule has 3 rings (SSSR count). The number of nitrogens with zero attached hydrogens (tertiary/aromatic N) is 2. The minimum absolute atomic E-state index is 0.0262. The summed E-state index contributed by atoms with van der Waals surface area (Å²) in [4.78, 5) is 17.4. The highest BCUT2D eigenvalue weighted by Gasteiger charge is 2.23. The molecule has 0 radical (unpaired) electrons. The number of hydrogen-bond acceptors (Lipinski definition) is 2. The molecule has 2 aromatic heterocycles. The van der Waals surface area contributed by atoms with Gasteiger partial charge in [-0.2, -0.15) is 0 Å². The molecule has 0 saturated carbocycles. The molecule has 4 nitrogen and oxygen atoms in total. The summed E-state index contributed by atoms with van der Waals surface area (Å²) in [6, 6.07) is 6.96. The third-order valence-electron chi connectivity index (χ3n) is 4.98. The van der Waals surface area contributed by atoms with Crippen molar-refractivity contribution in [2.45, 2.75) is 46.5 Å². The lowest BCUT2D eigenvalue weighted by molar-refractivity contribution is -0.120. The van der Waals surface area contributed by atoms with Crippen LogP contribution in [-0.4, -0.2) is 15.3 Å². The van der Waals surface area contributed by atoms with Gasteiger partial charge in [0, 0.05) is 17.7 Å². The smallest absolute Gasteiger partial charge is 0.228 e. The standard InChI is InChI=1S/C22H25F2N3O/c1-4-6-7-15(5-2)22(28)26-21-20(17-13-16(23)8-9-18(17)24)25-19-12-14(3)10-11-27(19)21/h8-13,15H,4-7H2,1-3H3,(H,26,28). The summed E-state index contributed by atoms with van der Waals surface area (Å²) < 4.78 is 29.9. The SMILES string of the molecule is CCCCC(CC)C(=O)Nc1c(-c2cc(F)ccc2F)nc2cc(C)ccn12. The van der Waals surface area contributed by atoms with E-state index in [1.807, 2.05) is 26.0 Å². The van der Waals surface area contributed by atoms with Gasteiger partial charge in [-0.25, -0.2) is 13.8 Å². The van der Waals surface area contributed by atoms with Crippen LogP contribution in [0.1, 0.15) is 45.1 Å². The van der Waals surface area contributed by atoms with Crippen LogP contribution in [0.4, 0.5) is 14.6 Å². The molecule has 0 aliphatic rings. The van der Waals surface area contributed by atoms with Gasteiger partial charge in [-0.05, 0) is 55.7 Å². The van der Waals surface area contributed by atoms with Gasteiger partial charge in [-0.15, -0.1) is 0 Å². The predicted octanol–water partition coefficient (Wildman–Crippen LogP) is 5.74. The maximum atomic E-state index is 14.4. The maximum absolute atomic E-state index is 14.4. The predicted molar refractivity (Wildman–Crippen MR) is 107 cm³/mol. The van der Waals surface area contributed by atoms with Crippen molar-refractivity contribution in [2.75, 3.05) is 5.32 Å². The summed E-state index contributed by atoms with van der Waals surface area (Å²) in [5, 5.41) is 2.93. The van der Waals surface area contributed by atoms with Gasteiger partial charge in [0.05, 0.1) is 0 Å². The topological polar surface area (TPSA) is 46.4 Å². The zero-order valence-corrected chi connectivity index (χ0v) is 16.4. The summed E-state index contributed by atoms with van der Waals surface area (Å²) >= 11 is 0. The van der Waals surface area contributed by atoms with E-state index >= 15 is 0 Å². The van der Waals surface area contributed by atoms with Crippen molar-refractivity contribution in [3.8, 4) is 11.3 Å². The van der Waals surface area contributed by atoms with Crippen LogP contribution in [0, 0.1) is 24.5 Å². The Morgan fingerprint density at radius 2 is 2.00 bits per heavy atom. The monoisotopic (exact) mass is 385 g/mol. The van der Waals surface area contributed by atoms with E-state index in [1.165, 1.54) is 0 Å². The van der Waals surface area contributed by atoms with Gasteiger partial charge in [-0.1, -0.05) is 26.7 Å². The van der Waals surface area contributed by atoms with Crippen LogP contribution in [0.2, 0.25) is 0 Å². The molecule has 1 aromatic carbocycles. The number of anilines is 1. The summed E-state index contributed by atoms with van der Waals surface area (Å²) in [5.74, 6) is -1.05. The second-order valence-corrected chi connectivity index (χ2v) is 7.10. The first kappa shape index (κ1) is 20.0. The fourth-order valence-electron chi connectivity index (χ4n) is 3.32. The van der Waals surface area contributed by atoms with Crippen LogP contribution in [-0.2, 0) is 4.79 Å². The fraction of sp³-hybridized carbons (Fsp3) is 0.364. The van der Waals surface area contributed by atoms with E-state index in [1.54, 1.807) is 10.6 Å². The molecule has 1 atom stereocenters. The highest BCUT2D eigenvalue weighted by atomic mass is 19.1. The van der Waals surface area contributed by atoms with E-state index in [2.05, 4.69) is 17.2 Å². The third kappa shape index (κ3) is 4.06. The number of aromatic nitrogens is 2. The molecule has 0 saturated heterocycles. The lowest BCUT2D eigenvalue weighted by atomic mass is 9.98. The number of halogens is 2. The lowest BCUT2D eigenvalue weighted by Gasteiger charge is -2.15. The van der Waals surface area contributed by atoms with E-state index < -0.39 is 11.6 Å². The lowest BCUT2D eigenvalue weighted by Crippen LogP contribution is -2.23. The third-order valence-corrected chi connectivity index (χ3v) is 4.98. The van der Waals surface area contributed by atoms with E-state index in [9.17, 15) is 13.6 Å². The van der Waals surface area contributed by atoms with Gasteiger partial charge in [0.15, 0.2) is 0 Å². The van der Waals surface area contributed by atoms with Crippen molar-refractivity contribution < 1.29 is 13.6 Å². The van der Waals surface area contributed by atoms with Crippen molar-refractivity contribution in [1.82, 2.24) is 9.38 Å². The van der Waals surface area contributed by atoms with Gasteiger partial charge in [0.1, 0.15) is 28.8 Å². The number of rotatable bonds is 7. The molecule has 1 amide bonds. The molecule has 0 aliphatic heterocycles. The van der Waals surface area contributed by atoms with E-state index in [0.29, 0.717) is 17.9 Å². The molecule has 1 N–H and O–H groups in total. The molecule has 1 unspecified atom stereocenters. The number of aryl methyl sites for hydroxylation is 1. The first-order valence-electron chi connectivity index (χ1n) is 9.69. The first-order chi connectivity index (χ1) is 13.4. The van der Waals surface area contributed by atoms with Crippen LogP contribution in [0.15, 0.2) is 36.5 Å². The Labute approximate surface area is 163 Å². The summed E-state index contributed by atoms with van der Waals surface area (Å²) in [7, 11) is 0. The van der Waals surface area contributed by atoms with Crippen LogP contribution in [0.5, 0.6) is 0 Å². The van der Waals surface area contributed by atoms with Crippen molar-refractivity contribution in [3.05, 3.63) is 53.7 Å². The van der Waals surface area contributed by atoms with Crippen LogP contribution >= 0.6 is 0 Å². The minimum atomic E-state index is -0.588. The molecular weight excluding hydrogens is 360 g/mol. The van der Waals surface area contributed by atoms with E-state index in [4.69, 9.17) is 0 Å². The number of benzene rings is 1. The number of nitrogens with one attached hydrogen (secondary N) is 1. The Bertz CT molecular complexity index is 997. The fourth-order valence-corrected chi connectivity index (χ4v) is 3.32. The van der Waals surface area contributed by atoms with Crippen molar-refractivity contribution in [2.24, 2.45) is 5.92 Å². The zero-order chi connectivity index (χ0) is 20.3. The van der Waals surface area contributed by atoms with Crippen molar-refractivity contribution in [3.63, 3.8) is 0 Å². The highest BCUT2D eigenvalue weighted by molar-refractivity contribution is 5.96. The molecule has 2 heterocycles. The quantitative estimate of drug-likeness (QED) is 0.563. The molecule has 0 bridgehead atoms. The first-order valence-corrected chi connectivity index (χ1v) is 9.69. The number of amides is 1. The molecule has 3 aromatic rings. The Balaban J connectivity index is 2.09. The average molecular weight is 385 g/mol. The summed E-state index contributed by atoms with van der Waals surface area (Å²) in [5.41, 5.74) is 1.80. The van der Waals surface area contributed by atoms with Gasteiger partial charge in [0.25, 0.3) is 0 Å². The molecule has 28 heavy (non-hydrogen) atoms. The number of imidazole rings is 1. The van der Waals surface area contributed by atoms with Gasteiger partial charge >= 0.3 is 0 Å². The van der Waals surface area contributed by atoms with Gasteiger partial charge in [0.2, 0.25) is 5.91 Å². The molecule has 148 valence electrons. The number of carbonyl (C=O) groups is 1. The number of pyridine rings is 1. The van der Waals surface area contributed by atoms with E-state index in [0.717, 1.165) is 43.0 Å². The second kappa shape index (κ2) is 8.50. The largest absolute Gasteiger partial charge is 0.310 e. The van der Waals surface area contributed by atoms with Crippen molar-refractivity contribution in [1.29, 1.82) is 0 Å². The second-order valence-electron chi connectivity index (χ2n) is 7.10. The van der Waals surface area contributed by atoms with Gasteiger partial charge < -0.3 is 5.32 Å². The Morgan fingerprint density at radius 3 is 2.71 bits per heavy atom. The maximum Gasteiger partial charge on any atom is 0.228 e. The highest BCUT2D eigenvalue weighted by Crippen LogP contribution is 2.32. The Kier molecular flexibility index (Phi) is 6.07. The molecular formula is C22H25F2N3O. The number of hydrogen-bond donors (Lipinski definition) is 1. The van der Waals surface area contributed by atoms with Gasteiger partial charge in [-0.3, -0.25) is 9.20 Å². The number of carbonyl (C=O) groups excluding carboxylic acids is 1. The normalized spacial score (nSPS) is 12.3. The van der Waals surface area contributed by atoms with E-state index in [-0.39, 0.29) is 23.1 Å². The molecule has 6 heteroatoms. The zero-order valence-electron chi connectivity index (χ0n) is 16.4. The van der Waals surface area contributed by atoms with Crippen molar-refractivity contribution >= 4 is 17.4 Å². The summed E-state index contributed by atoms with van der Waals surface area (Å²) in [6.45, 7) is 5.99.